The van der Waals surface area contributed by atoms with Crippen LogP contribution in [-0.2, 0) is 9.47 Å². The summed E-state index contributed by atoms with van der Waals surface area (Å²) in [6.45, 7) is 3.44. The van der Waals surface area contributed by atoms with E-state index in [1.165, 1.54) is 0 Å². The number of hydrogen-bond acceptors (Lipinski definition) is 6. The van der Waals surface area contributed by atoms with Gasteiger partial charge in [0.1, 0.15) is 23.0 Å². The maximum absolute atomic E-state index is 12.4. The van der Waals surface area contributed by atoms with Crippen molar-refractivity contribution in [1.82, 2.24) is 9.88 Å². The van der Waals surface area contributed by atoms with Crippen molar-refractivity contribution in [3.05, 3.63) is 24.0 Å². The van der Waals surface area contributed by atoms with Gasteiger partial charge in [-0.3, -0.25) is 4.98 Å². The van der Waals surface area contributed by atoms with Crippen molar-refractivity contribution in [2.75, 3.05) is 13.1 Å². The van der Waals surface area contributed by atoms with Gasteiger partial charge < -0.3 is 19.1 Å². The fourth-order valence-electron chi connectivity index (χ4n) is 4.53. The highest BCUT2D eigenvalue weighted by Gasteiger charge is 2.38. The van der Waals surface area contributed by atoms with Gasteiger partial charge in [0.2, 0.25) is 0 Å². The molecule has 0 radical (unpaired) electrons. The van der Waals surface area contributed by atoms with Gasteiger partial charge in [-0.2, -0.15) is 5.26 Å². The first-order valence-corrected chi connectivity index (χ1v) is 11.2. The van der Waals surface area contributed by atoms with Gasteiger partial charge in [-0.05, 0) is 70.8 Å². The number of carbonyl (C=O) groups is 1. The minimum absolute atomic E-state index is 0.115. The first kappa shape index (κ1) is 20.9. The predicted molar refractivity (Wildman–Crippen MR) is 110 cm³/mol. The van der Waals surface area contributed by atoms with E-state index < -0.39 is 0 Å². The molecule has 1 aromatic heterocycles. The average molecular weight is 414 g/mol. The molecule has 4 rings (SSSR count). The van der Waals surface area contributed by atoms with Crippen LogP contribution in [0.3, 0.4) is 0 Å². The lowest BCUT2D eigenvalue weighted by Crippen LogP contribution is -2.47. The first-order valence-electron chi connectivity index (χ1n) is 11.2. The number of likely N-dealkylation sites (tertiary alicyclic amines) is 1. The highest BCUT2D eigenvalue weighted by atomic mass is 16.6. The molecule has 0 atom stereocenters. The zero-order valence-corrected chi connectivity index (χ0v) is 17.7. The minimum atomic E-state index is -0.241. The van der Waals surface area contributed by atoms with Crippen molar-refractivity contribution in [1.29, 1.82) is 5.26 Å². The smallest absolute Gasteiger partial charge is 0.410 e. The van der Waals surface area contributed by atoms with E-state index in [2.05, 4.69) is 11.1 Å². The Morgan fingerprint density at radius 2 is 1.80 bits per heavy atom. The Hall–Kier alpha value is -2.33. The summed E-state index contributed by atoms with van der Waals surface area (Å²) in [6.07, 6.45) is 12.2. The molecule has 0 spiro atoms. The summed E-state index contributed by atoms with van der Waals surface area (Å²) < 4.78 is 18.1. The molecule has 1 amide bonds. The fourth-order valence-corrected chi connectivity index (χ4v) is 4.53. The maximum atomic E-state index is 12.4. The normalized spacial score (nSPS) is 26.3. The van der Waals surface area contributed by atoms with Crippen molar-refractivity contribution >= 4 is 6.09 Å². The largest absolute Gasteiger partial charge is 0.489 e. The van der Waals surface area contributed by atoms with Crippen LogP contribution in [0.15, 0.2) is 18.5 Å². The molecule has 0 N–H and O–H groups in total. The van der Waals surface area contributed by atoms with Gasteiger partial charge in [0.05, 0.1) is 18.3 Å². The molecule has 30 heavy (non-hydrogen) atoms. The van der Waals surface area contributed by atoms with Crippen LogP contribution in [0.4, 0.5) is 4.79 Å². The van der Waals surface area contributed by atoms with Gasteiger partial charge in [0.15, 0.2) is 0 Å². The number of piperidine rings is 1. The lowest BCUT2D eigenvalue weighted by molar-refractivity contribution is -0.0766. The number of ether oxygens (including phenoxy) is 3. The molecule has 0 aromatic carbocycles. The Morgan fingerprint density at radius 1 is 1.13 bits per heavy atom. The van der Waals surface area contributed by atoms with Gasteiger partial charge in [-0.1, -0.05) is 0 Å². The van der Waals surface area contributed by atoms with Crippen LogP contribution in [-0.4, -0.2) is 53.0 Å². The molecule has 7 heteroatoms. The molecule has 1 saturated heterocycles. The van der Waals surface area contributed by atoms with E-state index >= 15 is 0 Å². The number of nitriles is 1. The standard InChI is InChI=1S/C23H31N3O4/c1-23(10-2-11-23)30-22(27)26-13-8-20(9-14-26)28-18-3-5-19(6-4-18)29-21-7-12-25-16-17(21)15-24/h7,12,16,18-20H,2-6,8-11,13-14H2,1H3. The number of amides is 1. The quantitative estimate of drug-likeness (QED) is 0.719. The number of hydrogen-bond donors (Lipinski definition) is 0. The van der Waals surface area contributed by atoms with Crippen LogP contribution >= 0.6 is 0 Å². The third kappa shape index (κ3) is 5.04. The second-order valence-electron chi connectivity index (χ2n) is 8.99. The number of carbonyl (C=O) groups excluding carboxylic acids is 1. The van der Waals surface area contributed by atoms with Crippen LogP contribution in [0.1, 0.15) is 70.3 Å². The number of nitrogens with zero attached hydrogens (tertiary/aromatic N) is 3. The highest BCUT2D eigenvalue weighted by molar-refractivity contribution is 5.68. The molecule has 2 heterocycles. The molecule has 0 unspecified atom stereocenters. The summed E-state index contributed by atoms with van der Waals surface area (Å²) in [6, 6.07) is 3.88. The van der Waals surface area contributed by atoms with Crippen LogP contribution in [0.2, 0.25) is 0 Å². The summed E-state index contributed by atoms with van der Waals surface area (Å²) in [5, 5.41) is 9.17. The van der Waals surface area contributed by atoms with E-state index in [1.807, 2.05) is 11.8 Å². The summed E-state index contributed by atoms with van der Waals surface area (Å²) in [5.41, 5.74) is 0.238. The molecule has 1 aliphatic heterocycles. The zero-order valence-electron chi connectivity index (χ0n) is 17.7. The van der Waals surface area contributed by atoms with Gasteiger partial charge in [-0.15, -0.1) is 0 Å². The molecular weight excluding hydrogens is 382 g/mol. The number of pyridine rings is 1. The summed E-state index contributed by atoms with van der Waals surface area (Å²) >= 11 is 0. The average Bonchev–Trinajstić information content (AvgIpc) is 2.75. The first-order chi connectivity index (χ1) is 14.5. The Balaban J connectivity index is 1.16. The van der Waals surface area contributed by atoms with Crippen LogP contribution in [0.5, 0.6) is 5.75 Å². The summed E-state index contributed by atoms with van der Waals surface area (Å²) in [4.78, 5) is 18.2. The minimum Gasteiger partial charge on any atom is -0.489 e. The molecule has 0 bridgehead atoms. The molecule has 3 fully saturated rings. The Bertz CT molecular complexity index is 773. The summed E-state index contributed by atoms with van der Waals surface area (Å²) in [7, 11) is 0. The van der Waals surface area contributed by atoms with Gasteiger partial charge in [-0.25, -0.2) is 4.79 Å². The van der Waals surface area contributed by atoms with E-state index in [4.69, 9.17) is 14.2 Å². The Kier molecular flexibility index (Phi) is 6.43. The topological polar surface area (TPSA) is 84.7 Å². The van der Waals surface area contributed by atoms with Crippen LogP contribution < -0.4 is 4.74 Å². The molecule has 162 valence electrons. The Labute approximate surface area is 178 Å². The van der Waals surface area contributed by atoms with Gasteiger partial charge in [0.25, 0.3) is 0 Å². The highest BCUT2D eigenvalue weighted by Crippen LogP contribution is 2.36. The van der Waals surface area contributed by atoms with Gasteiger partial charge >= 0.3 is 6.09 Å². The second kappa shape index (κ2) is 9.22. The van der Waals surface area contributed by atoms with Crippen LogP contribution in [0, 0.1) is 11.3 Å². The molecule has 1 aromatic rings. The maximum Gasteiger partial charge on any atom is 0.410 e. The molecule has 3 aliphatic rings. The van der Waals surface area contributed by atoms with E-state index in [0.29, 0.717) is 24.4 Å². The molecule has 2 aliphatic carbocycles. The predicted octanol–water partition coefficient (Wildman–Crippen LogP) is 4.20. The number of rotatable bonds is 5. The molecule has 2 saturated carbocycles. The van der Waals surface area contributed by atoms with Crippen molar-refractivity contribution < 1.29 is 19.0 Å². The van der Waals surface area contributed by atoms with E-state index in [0.717, 1.165) is 57.8 Å². The van der Waals surface area contributed by atoms with E-state index in [9.17, 15) is 10.1 Å². The van der Waals surface area contributed by atoms with Crippen LogP contribution in [0.25, 0.3) is 0 Å². The van der Waals surface area contributed by atoms with Gasteiger partial charge in [0, 0.05) is 25.5 Å². The third-order valence-electron chi connectivity index (χ3n) is 6.65. The third-order valence-corrected chi connectivity index (χ3v) is 6.65. The van der Waals surface area contributed by atoms with Crippen molar-refractivity contribution in [3.8, 4) is 11.8 Å². The second-order valence-corrected chi connectivity index (χ2v) is 8.99. The molecular formula is C23H31N3O4. The fraction of sp³-hybridized carbons (Fsp3) is 0.696. The lowest BCUT2D eigenvalue weighted by Gasteiger charge is -2.40. The lowest BCUT2D eigenvalue weighted by atomic mass is 9.82. The van der Waals surface area contributed by atoms with Crippen molar-refractivity contribution in [2.24, 2.45) is 0 Å². The van der Waals surface area contributed by atoms with E-state index in [-0.39, 0.29) is 30.0 Å². The van der Waals surface area contributed by atoms with Crippen molar-refractivity contribution in [3.63, 3.8) is 0 Å². The summed E-state index contributed by atoms with van der Waals surface area (Å²) in [5.74, 6) is 0.617. The van der Waals surface area contributed by atoms with Crippen molar-refractivity contribution in [2.45, 2.75) is 88.6 Å². The number of aromatic nitrogens is 1. The molecule has 7 nitrogen and oxygen atoms in total. The monoisotopic (exact) mass is 413 g/mol. The van der Waals surface area contributed by atoms with E-state index in [1.54, 1.807) is 18.5 Å². The zero-order chi connectivity index (χ0) is 21.0. The Morgan fingerprint density at radius 3 is 2.43 bits per heavy atom. The SMILES string of the molecule is CC1(OC(=O)N2CCC(OC3CCC(Oc4ccncc4C#N)CC3)CC2)CCC1.